The van der Waals surface area contributed by atoms with Crippen molar-refractivity contribution < 1.29 is 14.3 Å². The maximum atomic E-state index is 11.8. The van der Waals surface area contributed by atoms with Gasteiger partial charge in [0.1, 0.15) is 0 Å². The highest BCUT2D eigenvalue weighted by molar-refractivity contribution is 6.30. The molecule has 1 fully saturated rings. The summed E-state index contributed by atoms with van der Waals surface area (Å²) in [7, 11) is 0. The van der Waals surface area contributed by atoms with Crippen molar-refractivity contribution in [1.29, 1.82) is 0 Å². The van der Waals surface area contributed by atoms with Crippen LogP contribution in [0.3, 0.4) is 0 Å². The number of carbonyl (C=O) groups excluding carboxylic acids is 1. The Kier molecular flexibility index (Phi) is 5.83. The van der Waals surface area contributed by atoms with Crippen LogP contribution in [0.5, 0.6) is 0 Å². The largest absolute Gasteiger partial charge is 0.378 e. The molecule has 0 bridgehead atoms. The van der Waals surface area contributed by atoms with Gasteiger partial charge < -0.3 is 14.8 Å². The molecule has 0 saturated carbocycles. The van der Waals surface area contributed by atoms with Gasteiger partial charge in [0.25, 0.3) is 0 Å². The molecule has 1 aliphatic rings. The van der Waals surface area contributed by atoms with E-state index >= 15 is 0 Å². The van der Waals surface area contributed by atoms with Gasteiger partial charge in [0.05, 0.1) is 25.7 Å². The van der Waals surface area contributed by atoms with Crippen LogP contribution in [0.4, 0.5) is 5.69 Å². The Labute approximate surface area is 124 Å². The number of hydrogen-bond donors (Lipinski definition) is 1. The molecule has 0 spiro atoms. The van der Waals surface area contributed by atoms with Gasteiger partial charge in [0.2, 0.25) is 5.91 Å². The quantitative estimate of drug-likeness (QED) is 0.821. The fraction of sp³-hybridized carbons (Fsp3) is 0.533. The Morgan fingerprint density at radius 1 is 1.55 bits per heavy atom. The van der Waals surface area contributed by atoms with Crippen LogP contribution in [0.2, 0.25) is 5.02 Å². The predicted octanol–water partition coefficient (Wildman–Crippen LogP) is 3.17. The third kappa shape index (κ3) is 4.78. The lowest BCUT2D eigenvalue weighted by Gasteiger charge is -2.11. The number of benzene rings is 1. The maximum absolute atomic E-state index is 11.8. The second-order valence-electron chi connectivity index (χ2n) is 4.97. The zero-order valence-electron chi connectivity index (χ0n) is 11.7. The molecular weight excluding hydrogens is 278 g/mol. The SMILES string of the molecule is Cc1cc(Cl)ccc1NC(=O)CCOC[C@@H]1CCCO1. The Balaban J connectivity index is 1.67. The first-order valence-corrected chi connectivity index (χ1v) is 7.28. The molecular formula is C15H20ClNO3. The van der Waals surface area contributed by atoms with Crippen LogP contribution in [0.15, 0.2) is 18.2 Å². The summed E-state index contributed by atoms with van der Waals surface area (Å²) < 4.78 is 10.9. The summed E-state index contributed by atoms with van der Waals surface area (Å²) in [6.07, 6.45) is 2.70. The van der Waals surface area contributed by atoms with Crippen molar-refractivity contribution in [3.63, 3.8) is 0 Å². The number of anilines is 1. The van der Waals surface area contributed by atoms with E-state index in [9.17, 15) is 4.79 Å². The number of rotatable bonds is 6. The van der Waals surface area contributed by atoms with E-state index in [-0.39, 0.29) is 12.0 Å². The highest BCUT2D eigenvalue weighted by Crippen LogP contribution is 2.19. The van der Waals surface area contributed by atoms with Crippen molar-refractivity contribution in [2.45, 2.75) is 32.3 Å². The highest BCUT2D eigenvalue weighted by atomic mass is 35.5. The van der Waals surface area contributed by atoms with Crippen molar-refractivity contribution in [1.82, 2.24) is 0 Å². The fourth-order valence-corrected chi connectivity index (χ4v) is 2.36. The van der Waals surface area contributed by atoms with Crippen LogP contribution < -0.4 is 5.32 Å². The van der Waals surface area contributed by atoms with Gasteiger partial charge in [-0.3, -0.25) is 4.79 Å². The molecule has 0 aliphatic carbocycles. The fourth-order valence-electron chi connectivity index (χ4n) is 2.14. The molecule has 20 heavy (non-hydrogen) atoms. The number of ether oxygens (including phenoxy) is 2. The average molecular weight is 298 g/mol. The summed E-state index contributed by atoms with van der Waals surface area (Å²) in [6, 6.07) is 5.39. The Morgan fingerprint density at radius 3 is 3.10 bits per heavy atom. The van der Waals surface area contributed by atoms with Crippen LogP contribution in [-0.4, -0.2) is 31.8 Å². The van der Waals surface area contributed by atoms with E-state index < -0.39 is 0 Å². The van der Waals surface area contributed by atoms with Crippen LogP contribution in [0, 0.1) is 6.92 Å². The minimum Gasteiger partial charge on any atom is -0.378 e. The van der Waals surface area contributed by atoms with E-state index in [2.05, 4.69) is 5.32 Å². The van der Waals surface area contributed by atoms with Gasteiger partial charge >= 0.3 is 0 Å². The van der Waals surface area contributed by atoms with E-state index in [0.717, 1.165) is 30.7 Å². The third-order valence-electron chi connectivity index (χ3n) is 3.26. The van der Waals surface area contributed by atoms with Gasteiger partial charge in [0, 0.05) is 17.3 Å². The molecule has 110 valence electrons. The normalized spacial score (nSPS) is 18.2. The molecule has 1 heterocycles. The zero-order chi connectivity index (χ0) is 14.4. The first-order valence-electron chi connectivity index (χ1n) is 6.90. The summed E-state index contributed by atoms with van der Waals surface area (Å²) in [5.74, 6) is -0.0530. The molecule has 1 amide bonds. The zero-order valence-corrected chi connectivity index (χ0v) is 12.4. The number of hydrogen-bond acceptors (Lipinski definition) is 3. The maximum Gasteiger partial charge on any atom is 0.226 e. The Morgan fingerprint density at radius 2 is 2.40 bits per heavy atom. The summed E-state index contributed by atoms with van der Waals surface area (Å²) in [6.45, 7) is 3.73. The highest BCUT2D eigenvalue weighted by Gasteiger charge is 2.15. The predicted molar refractivity (Wildman–Crippen MR) is 79.2 cm³/mol. The second-order valence-corrected chi connectivity index (χ2v) is 5.40. The summed E-state index contributed by atoms with van der Waals surface area (Å²) in [4.78, 5) is 11.8. The molecule has 1 saturated heterocycles. The number of aryl methyl sites for hydroxylation is 1. The number of nitrogens with one attached hydrogen (secondary N) is 1. The number of amides is 1. The topological polar surface area (TPSA) is 47.6 Å². The van der Waals surface area contributed by atoms with Crippen molar-refractivity contribution in [3.8, 4) is 0 Å². The van der Waals surface area contributed by atoms with E-state index in [1.165, 1.54) is 0 Å². The van der Waals surface area contributed by atoms with Crippen molar-refractivity contribution in [2.24, 2.45) is 0 Å². The van der Waals surface area contributed by atoms with E-state index in [0.29, 0.717) is 24.7 Å². The van der Waals surface area contributed by atoms with E-state index in [1.807, 2.05) is 19.1 Å². The molecule has 2 rings (SSSR count). The second kappa shape index (κ2) is 7.62. The summed E-state index contributed by atoms with van der Waals surface area (Å²) >= 11 is 5.87. The molecule has 1 aromatic rings. The molecule has 4 nitrogen and oxygen atoms in total. The summed E-state index contributed by atoms with van der Waals surface area (Å²) in [5.41, 5.74) is 1.74. The van der Waals surface area contributed by atoms with Gasteiger partial charge in [0.15, 0.2) is 0 Å². The Bertz CT molecular complexity index is 458. The average Bonchev–Trinajstić information content (AvgIpc) is 2.91. The van der Waals surface area contributed by atoms with E-state index in [4.69, 9.17) is 21.1 Å². The van der Waals surface area contributed by atoms with Crippen molar-refractivity contribution in [2.75, 3.05) is 25.1 Å². The monoisotopic (exact) mass is 297 g/mol. The lowest BCUT2D eigenvalue weighted by atomic mass is 10.2. The summed E-state index contributed by atoms with van der Waals surface area (Å²) in [5, 5.41) is 3.52. The van der Waals surface area contributed by atoms with Crippen molar-refractivity contribution in [3.05, 3.63) is 28.8 Å². The van der Waals surface area contributed by atoms with Gasteiger partial charge in [-0.1, -0.05) is 11.6 Å². The van der Waals surface area contributed by atoms with Gasteiger partial charge in [-0.05, 0) is 43.5 Å². The van der Waals surface area contributed by atoms with Crippen LogP contribution >= 0.6 is 11.6 Å². The molecule has 1 aliphatic heterocycles. The molecule has 1 N–H and O–H groups in total. The lowest BCUT2D eigenvalue weighted by Crippen LogP contribution is -2.18. The third-order valence-corrected chi connectivity index (χ3v) is 3.50. The lowest BCUT2D eigenvalue weighted by molar-refractivity contribution is -0.117. The molecule has 0 radical (unpaired) electrons. The van der Waals surface area contributed by atoms with Crippen molar-refractivity contribution >= 4 is 23.2 Å². The molecule has 1 atom stereocenters. The molecule has 1 aromatic carbocycles. The first kappa shape index (κ1) is 15.3. The van der Waals surface area contributed by atoms with Crippen LogP contribution in [0.25, 0.3) is 0 Å². The minimum absolute atomic E-state index is 0.0530. The Hall–Kier alpha value is -1.10. The molecule has 5 heteroatoms. The smallest absolute Gasteiger partial charge is 0.226 e. The number of carbonyl (C=O) groups is 1. The number of halogens is 1. The first-order chi connectivity index (χ1) is 9.65. The standard InChI is InChI=1S/C15H20ClNO3/c1-11-9-12(16)4-5-14(11)17-15(18)6-8-19-10-13-3-2-7-20-13/h4-5,9,13H,2-3,6-8,10H2,1H3,(H,17,18)/t13-/m0/s1. The molecule has 0 unspecified atom stereocenters. The van der Waals surface area contributed by atoms with Gasteiger partial charge in [-0.25, -0.2) is 0 Å². The van der Waals surface area contributed by atoms with Gasteiger partial charge in [-0.2, -0.15) is 0 Å². The van der Waals surface area contributed by atoms with Crippen LogP contribution in [0.1, 0.15) is 24.8 Å². The van der Waals surface area contributed by atoms with Crippen LogP contribution in [-0.2, 0) is 14.3 Å². The van der Waals surface area contributed by atoms with Gasteiger partial charge in [-0.15, -0.1) is 0 Å². The minimum atomic E-state index is -0.0530. The van der Waals surface area contributed by atoms with E-state index in [1.54, 1.807) is 6.07 Å². The molecule has 0 aromatic heterocycles.